The lowest BCUT2D eigenvalue weighted by Gasteiger charge is -2.34. The van der Waals surface area contributed by atoms with Crippen molar-refractivity contribution in [2.24, 2.45) is 5.92 Å². The Hall–Kier alpha value is -0.910. The Morgan fingerprint density at radius 2 is 2.22 bits per heavy atom. The Bertz CT molecular complexity index is 490. The minimum Gasteiger partial charge on any atom is -0.354 e. The van der Waals surface area contributed by atoms with Gasteiger partial charge in [0.2, 0.25) is 5.91 Å². The third kappa shape index (κ3) is 4.78. The van der Waals surface area contributed by atoms with E-state index in [4.69, 9.17) is 0 Å². The highest BCUT2D eigenvalue weighted by Crippen LogP contribution is 2.20. The number of carbonyl (C=O) groups excluding carboxylic acids is 1. The molecule has 2 aliphatic heterocycles. The van der Waals surface area contributed by atoms with E-state index in [1.54, 1.807) is 0 Å². The van der Waals surface area contributed by atoms with Crippen LogP contribution in [0.15, 0.2) is 17.5 Å². The Morgan fingerprint density at radius 1 is 1.30 bits per heavy atom. The lowest BCUT2D eigenvalue weighted by Crippen LogP contribution is -2.49. The van der Waals surface area contributed by atoms with Gasteiger partial charge in [-0.2, -0.15) is 0 Å². The van der Waals surface area contributed by atoms with E-state index < -0.39 is 0 Å². The van der Waals surface area contributed by atoms with Gasteiger partial charge < -0.3 is 5.32 Å². The molecule has 2 saturated heterocycles. The first-order chi connectivity index (χ1) is 11.2. The summed E-state index contributed by atoms with van der Waals surface area (Å²) < 4.78 is 0. The molecule has 0 bridgehead atoms. The number of amides is 1. The molecule has 1 amide bonds. The van der Waals surface area contributed by atoms with Crippen molar-refractivity contribution < 1.29 is 4.79 Å². The average Bonchev–Trinajstić information content (AvgIpc) is 3.06. The molecule has 2 unspecified atom stereocenters. The number of carbonyl (C=O) groups is 1. The molecular formula is C18H29N3OS. The van der Waals surface area contributed by atoms with Crippen LogP contribution in [0.2, 0.25) is 0 Å². The Kier molecular flexibility index (Phi) is 6.08. The van der Waals surface area contributed by atoms with Crippen molar-refractivity contribution in [3.05, 3.63) is 22.4 Å². The number of thiophene rings is 1. The maximum atomic E-state index is 12.4. The zero-order chi connectivity index (χ0) is 16.1. The van der Waals surface area contributed by atoms with E-state index in [1.165, 1.54) is 37.1 Å². The first-order valence-corrected chi connectivity index (χ1v) is 9.83. The van der Waals surface area contributed by atoms with Crippen LogP contribution in [0.5, 0.6) is 0 Å². The third-order valence-electron chi connectivity index (χ3n) is 5.20. The molecular weight excluding hydrogens is 306 g/mol. The van der Waals surface area contributed by atoms with E-state index >= 15 is 0 Å². The molecule has 2 atom stereocenters. The Balaban J connectivity index is 1.43. The molecule has 1 aromatic rings. The van der Waals surface area contributed by atoms with E-state index in [2.05, 4.69) is 39.7 Å². The molecule has 5 heteroatoms. The molecule has 0 aliphatic carbocycles. The summed E-state index contributed by atoms with van der Waals surface area (Å²) in [6.07, 6.45) is 5.90. The summed E-state index contributed by atoms with van der Waals surface area (Å²) in [7, 11) is 2.08. The predicted molar refractivity (Wildman–Crippen MR) is 95.6 cm³/mol. The maximum absolute atomic E-state index is 12.4. The van der Waals surface area contributed by atoms with Crippen LogP contribution in [-0.2, 0) is 11.3 Å². The molecule has 0 aromatic carbocycles. The molecule has 3 heterocycles. The highest BCUT2D eigenvalue weighted by Gasteiger charge is 2.27. The third-order valence-corrected chi connectivity index (χ3v) is 6.06. The van der Waals surface area contributed by atoms with Gasteiger partial charge in [0, 0.05) is 24.5 Å². The van der Waals surface area contributed by atoms with Crippen molar-refractivity contribution >= 4 is 17.2 Å². The van der Waals surface area contributed by atoms with Crippen LogP contribution in [0.4, 0.5) is 0 Å². The quantitative estimate of drug-likeness (QED) is 0.898. The van der Waals surface area contributed by atoms with Crippen LogP contribution in [0.1, 0.15) is 37.0 Å². The number of hydrogen-bond acceptors (Lipinski definition) is 4. The minimum atomic E-state index is 0.0922. The minimum absolute atomic E-state index is 0.0922. The van der Waals surface area contributed by atoms with Crippen LogP contribution >= 0.6 is 11.3 Å². The van der Waals surface area contributed by atoms with Gasteiger partial charge in [-0.25, -0.2) is 0 Å². The average molecular weight is 336 g/mol. The zero-order valence-corrected chi connectivity index (χ0v) is 15.0. The monoisotopic (exact) mass is 335 g/mol. The predicted octanol–water partition coefficient (Wildman–Crippen LogP) is 2.56. The number of nitrogens with zero attached hydrogens (tertiary/aromatic N) is 2. The van der Waals surface area contributed by atoms with Crippen molar-refractivity contribution in [1.82, 2.24) is 15.1 Å². The Labute approximate surface area is 143 Å². The molecule has 0 radical (unpaired) electrons. The first kappa shape index (κ1) is 16.9. The highest BCUT2D eigenvalue weighted by molar-refractivity contribution is 7.09. The number of nitrogens with one attached hydrogen (secondary N) is 1. The molecule has 23 heavy (non-hydrogen) atoms. The summed E-state index contributed by atoms with van der Waals surface area (Å²) in [5, 5.41) is 5.38. The lowest BCUT2D eigenvalue weighted by molar-refractivity contribution is -0.127. The second-order valence-electron chi connectivity index (χ2n) is 7.06. The largest absolute Gasteiger partial charge is 0.354 e. The second-order valence-corrected chi connectivity index (χ2v) is 8.09. The molecule has 0 spiro atoms. The van der Waals surface area contributed by atoms with Gasteiger partial charge in [0.25, 0.3) is 0 Å². The van der Waals surface area contributed by atoms with Gasteiger partial charge in [0.1, 0.15) is 0 Å². The molecule has 2 aliphatic rings. The fourth-order valence-electron chi connectivity index (χ4n) is 3.85. The van der Waals surface area contributed by atoms with Gasteiger partial charge in [-0.15, -0.1) is 11.3 Å². The topological polar surface area (TPSA) is 35.6 Å². The van der Waals surface area contributed by atoms with Gasteiger partial charge >= 0.3 is 0 Å². The van der Waals surface area contributed by atoms with Crippen LogP contribution in [-0.4, -0.2) is 55.0 Å². The fraction of sp³-hybridized carbons (Fsp3) is 0.722. The summed E-state index contributed by atoms with van der Waals surface area (Å²) >= 11 is 1.84. The van der Waals surface area contributed by atoms with Crippen molar-refractivity contribution in [2.75, 3.05) is 33.2 Å². The molecule has 2 fully saturated rings. The van der Waals surface area contributed by atoms with Gasteiger partial charge in [-0.05, 0) is 63.2 Å². The van der Waals surface area contributed by atoms with E-state index in [0.717, 1.165) is 32.6 Å². The molecule has 3 rings (SSSR count). The smallest absolute Gasteiger partial charge is 0.237 e. The van der Waals surface area contributed by atoms with E-state index in [9.17, 15) is 4.79 Å². The molecule has 0 saturated carbocycles. The van der Waals surface area contributed by atoms with Crippen molar-refractivity contribution in [1.29, 1.82) is 0 Å². The van der Waals surface area contributed by atoms with Gasteiger partial charge in [-0.3, -0.25) is 14.6 Å². The molecule has 4 nitrogen and oxygen atoms in total. The van der Waals surface area contributed by atoms with E-state index in [1.807, 2.05) is 11.3 Å². The summed E-state index contributed by atoms with van der Waals surface area (Å²) in [6.45, 7) is 5.25. The first-order valence-electron chi connectivity index (χ1n) is 8.95. The number of likely N-dealkylation sites (N-methyl/N-ethyl adjacent to an activating group) is 1. The highest BCUT2D eigenvalue weighted by atomic mass is 32.1. The molecule has 1 N–H and O–H groups in total. The maximum Gasteiger partial charge on any atom is 0.237 e. The molecule has 128 valence electrons. The van der Waals surface area contributed by atoms with Crippen LogP contribution in [0.25, 0.3) is 0 Å². The lowest BCUT2D eigenvalue weighted by atomic mass is 9.97. The van der Waals surface area contributed by atoms with Crippen molar-refractivity contribution in [2.45, 2.75) is 44.7 Å². The number of hydrogen-bond donors (Lipinski definition) is 1. The van der Waals surface area contributed by atoms with Crippen LogP contribution < -0.4 is 5.32 Å². The Morgan fingerprint density at radius 3 is 3.00 bits per heavy atom. The van der Waals surface area contributed by atoms with E-state index in [-0.39, 0.29) is 11.9 Å². The van der Waals surface area contributed by atoms with Crippen molar-refractivity contribution in [3.8, 4) is 0 Å². The van der Waals surface area contributed by atoms with E-state index in [0.29, 0.717) is 5.92 Å². The van der Waals surface area contributed by atoms with Crippen molar-refractivity contribution in [3.63, 3.8) is 0 Å². The number of likely N-dealkylation sites (tertiary alicyclic amines) is 2. The zero-order valence-electron chi connectivity index (χ0n) is 14.2. The SMILES string of the molecule is CN1CCCCC1C(=O)NCC1CCCN(Cc2cccs2)C1. The van der Waals surface area contributed by atoms with Gasteiger partial charge in [0.05, 0.1) is 6.04 Å². The normalized spacial score (nSPS) is 27.0. The van der Waals surface area contributed by atoms with Crippen LogP contribution in [0, 0.1) is 5.92 Å². The summed E-state index contributed by atoms with van der Waals surface area (Å²) in [5.74, 6) is 0.837. The van der Waals surface area contributed by atoms with Gasteiger partial charge in [-0.1, -0.05) is 12.5 Å². The van der Waals surface area contributed by atoms with Gasteiger partial charge in [0.15, 0.2) is 0 Å². The number of rotatable bonds is 5. The standard InChI is InChI=1S/C18H29N3OS/c1-20-9-3-2-8-17(20)18(22)19-12-15-6-4-10-21(13-15)14-16-7-5-11-23-16/h5,7,11,15,17H,2-4,6,8-10,12-14H2,1H3,(H,19,22). The fourth-order valence-corrected chi connectivity index (χ4v) is 4.60. The summed E-state index contributed by atoms with van der Waals surface area (Å²) in [4.78, 5) is 18.6. The summed E-state index contributed by atoms with van der Waals surface area (Å²) in [6, 6.07) is 4.44. The number of piperidine rings is 2. The second kappa shape index (κ2) is 8.27. The summed E-state index contributed by atoms with van der Waals surface area (Å²) in [5.41, 5.74) is 0. The van der Waals surface area contributed by atoms with Crippen LogP contribution in [0.3, 0.4) is 0 Å². The molecule has 1 aromatic heterocycles.